The highest BCUT2D eigenvalue weighted by Gasteiger charge is 2.34. The molecule has 2 aromatic rings. The number of nitrogens with one attached hydrogen (secondary N) is 2. The number of aromatic nitrogens is 4. The van der Waals surface area contributed by atoms with E-state index in [1.54, 1.807) is 6.33 Å². The predicted octanol–water partition coefficient (Wildman–Crippen LogP) is -0.627. The van der Waals surface area contributed by atoms with Gasteiger partial charge in [-0.25, -0.2) is 19.7 Å². The van der Waals surface area contributed by atoms with Gasteiger partial charge in [-0.2, -0.15) is 0 Å². The zero-order valence-electron chi connectivity index (χ0n) is 13.3. The molecule has 24 heavy (non-hydrogen) atoms. The molecule has 4 rings (SSSR count). The summed E-state index contributed by atoms with van der Waals surface area (Å²) in [5.41, 5.74) is 1.48. The second-order valence-electron chi connectivity index (χ2n) is 5.94. The number of aromatic amines is 1. The lowest BCUT2D eigenvalue weighted by molar-refractivity contribution is -0.130. The van der Waals surface area contributed by atoms with Crippen molar-refractivity contribution in [3.8, 4) is 0 Å². The number of anilines is 1. The van der Waals surface area contributed by atoms with E-state index >= 15 is 0 Å². The molecule has 0 bridgehead atoms. The van der Waals surface area contributed by atoms with Crippen molar-refractivity contribution in [1.82, 2.24) is 35.1 Å². The minimum atomic E-state index is -0.339. The van der Waals surface area contributed by atoms with Crippen molar-refractivity contribution in [2.24, 2.45) is 0 Å². The van der Waals surface area contributed by atoms with E-state index in [0.29, 0.717) is 12.1 Å². The van der Waals surface area contributed by atoms with Gasteiger partial charge in [-0.05, 0) is 0 Å². The Morgan fingerprint density at radius 1 is 1.12 bits per heavy atom. The minimum Gasteiger partial charge on any atom is -0.352 e. The molecule has 2 fully saturated rings. The molecule has 4 heterocycles. The maximum absolute atomic E-state index is 11.9. The quantitative estimate of drug-likeness (QED) is 0.754. The summed E-state index contributed by atoms with van der Waals surface area (Å²) in [6.07, 6.45) is 3.20. The van der Waals surface area contributed by atoms with Crippen molar-refractivity contribution in [2.45, 2.75) is 12.6 Å². The molecule has 1 atom stereocenters. The summed E-state index contributed by atoms with van der Waals surface area (Å²) in [6.45, 7) is 2.98. The third-order valence-electron chi connectivity index (χ3n) is 4.59. The molecule has 2 N–H and O–H groups in total. The van der Waals surface area contributed by atoms with Gasteiger partial charge in [0.15, 0.2) is 11.5 Å². The molecule has 0 spiro atoms. The molecule has 0 aliphatic carbocycles. The Balaban J connectivity index is 1.45. The lowest BCUT2D eigenvalue weighted by Crippen LogP contribution is -2.62. The average Bonchev–Trinajstić information content (AvgIpc) is 3.08. The van der Waals surface area contributed by atoms with Crippen LogP contribution < -0.4 is 10.2 Å². The van der Waals surface area contributed by atoms with Crippen LogP contribution in [0.3, 0.4) is 0 Å². The molecule has 3 amide bonds. The van der Waals surface area contributed by atoms with E-state index in [0.717, 1.165) is 42.4 Å². The fourth-order valence-electron chi connectivity index (χ4n) is 3.16. The zero-order valence-corrected chi connectivity index (χ0v) is 13.3. The third kappa shape index (κ3) is 2.44. The molecule has 2 aliphatic heterocycles. The Labute approximate surface area is 137 Å². The van der Waals surface area contributed by atoms with E-state index in [1.165, 1.54) is 13.4 Å². The highest BCUT2D eigenvalue weighted by atomic mass is 16.2. The minimum absolute atomic E-state index is 0.152. The third-order valence-corrected chi connectivity index (χ3v) is 4.59. The number of hydrogen-bond donors (Lipinski definition) is 2. The number of fused-ring (bicyclic) bond motifs is 1. The summed E-state index contributed by atoms with van der Waals surface area (Å²) >= 11 is 0. The summed E-state index contributed by atoms with van der Waals surface area (Å²) in [4.78, 5) is 44.8. The van der Waals surface area contributed by atoms with Crippen molar-refractivity contribution in [3.05, 3.63) is 12.7 Å². The number of rotatable bonds is 2. The van der Waals surface area contributed by atoms with Crippen LogP contribution >= 0.6 is 0 Å². The number of carbonyl (C=O) groups excluding carboxylic acids is 2. The van der Waals surface area contributed by atoms with E-state index in [2.05, 4.69) is 35.1 Å². The van der Waals surface area contributed by atoms with Crippen LogP contribution in [-0.4, -0.2) is 81.1 Å². The topological polar surface area (TPSA) is 110 Å². The number of amides is 3. The lowest BCUT2D eigenvalue weighted by atomic mass is 10.2. The average molecular weight is 330 g/mol. The zero-order chi connectivity index (χ0) is 16.7. The number of hydrogen-bond acceptors (Lipinski definition) is 7. The van der Waals surface area contributed by atoms with Crippen LogP contribution in [-0.2, 0) is 4.79 Å². The summed E-state index contributed by atoms with van der Waals surface area (Å²) < 4.78 is 0. The molecule has 10 heteroatoms. The molecule has 0 saturated carbocycles. The van der Waals surface area contributed by atoms with Gasteiger partial charge in [-0.3, -0.25) is 14.6 Å². The molecule has 1 unspecified atom stereocenters. The fourth-order valence-corrected chi connectivity index (χ4v) is 3.16. The first-order valence-corrected chi connectivity index (χ1v) is 7.83. The number of carbonyl (C=O) groups is 2. The molecular weight excluding hydrogens is 312 g/mol. The maximum atomic E-state index is 11.9. The van der Waals surface area contributed by atoms with Gasteiger partial charge in [-0.15, -0.1) is 0 Å². The molecule has 2 aliphatic rings. The van der Waals surface area contributed by atoms with E-state index in [9.17, 15) is 9.59 Å². The lowest BCUT2D eigenvalue weighted by Gasteiger charge is -2.41. The van der Waals surface area contributed by atoms with Crippen molar-refractivity contribution >= 4 is 28.9 Å². The number of imidazole rings is 1. The molecule has 2 aromatic heterocycles. The van der Waals surface area contributed by atoms with Crippen molar-refractivity contribution in [2.75, 3.05) is 38.1 Å². The van der Waals surface area contributed by atoms with E-state index in [-0.39, 0.29) is 18.1 Å². The van der Waals surface area contributed by atoms with Crippen LogP contribution in [0.5, 0.6) is 0 Å². The van der Waals surface area contributed by atoms with Crippen molar-refractivity contribution in [3.63, 3.8) is 0 Å². The second kappa shape index (κ2) is 5.71. The van der Waals surface area contributed by atoms with E-state index in [4.69, 9.17) is 0 Å². The van der Waals surface area contributed by atoms with Gasteiger partial charge in [0.25, 0.3) is 0 Å². The number of H-pyrrole nitrogens is 1. The van der Waals surface area contributed by atoms with E-state index in [1.807, 2.05) is 0 Å². The van der Waals surface area contributed by atoms with Gasteiger partial charge in [0, 0.05) is 33.2 Å². The number of piperazine rings is 1. The highest BCUT2D eigenvalue weighted by molar-refractivity contribution is 5.96. The maximum Gasteiger partial charge on any atom is 0.325 e. The van der Waals surface area contributed by atoms with Crippen molar-refractivity contribution < 1.29 is 9.59 Å². The first kappa shape index (κ1) is 14.8. The highest BCUT2D eigenvalue weighted by Crippen LogP contribution is 2.22. The number of imide groups is 1. The van der Waals surface area contributed by atoms with Crippen LogP contribution in [0, 0.1) is 0 Å². The normalized spacial score (nSPS) is 23.0. The standard InChI is InChI=1S/C14H18N8O2/c1-20-10(23)6-9(19-14(20)24)21-2-4-22(5-3-21)13-11-12(16-7-15-11)17-8-18-13/h7-9H,2-6H2,1H3,(H,19,24)(H,15,16,17,18). The van der Waals surface area contributed by atoms with Gasteiger partial charge in [0.05, 0.1) is 18.9 Å². The Morgan fingerprint density at radius 2 is 1.92 bits per heavy atom. The fraction of sp³-hybridized carbons (Fsp3) is 0.500. The van der Waals surface area contributed by atoms with Crippen LogP contribution in [0.15, 0.2) is 12.7 Å². The number of nitrogens with zero attached hydrogens (tertiary/aromatic N) is 6. The smallest absolute Gasteiger partial charge is 0.325 e. The molecule has 2 saturated heterocycles. The van der Waals surface area contributed by atoms with Crippen molar-refractivity contribution in [1.29, 1.82) is 0 Å². The molecule has 10 nitrogen and oxygen atoms in total. The molecule has 0 aromatic carbocycles. The Hall–Kier alpha value is -2.75. The van der Waals surface area contributed by atoms with E-state index < -0.39 is 0 Å². The first-order valence-electron chi connectivity index (χ1n) is 7.83. The summed E-state index contributed by atoms with van der Waals surface area (Å²) in [5, 5.41) is 2.88. The Morgan fingerprint density at radius 3 is 2.67 bits per heavy atom. The van der Waals surface area contributed by atoms with Gasteiger partial charge >= 0.3 is 6.03 Å². The molecule has 126 valence electrons. The van der Waals surface area contributed by atoms with Gasteiger partial charge < -0.3 is 15.2 Å². The van der Waals surface area contributed by atoms with Gasteiger partial charge in [0.2, 0.25) is 5.91 Å². The van der Waals surface area contributed by atoms with Gasteiger partial charge in [0.1, 0.15) is 11.8 Å². The van der Waals surface area contributed by atoms with Gasteiger partial charge in [-0.1, -0.05) is 0 Å². The Kier molecular flexibility index (Phi) is 3.53. The molecular formula is C14H18N8O2. The summed E-state index contributed by atoms with van der Waals surface area (Å²) in [5.74, 6) is 0.682. The van der Waals surface area contributed by atoms with Crippen LogP contribution in [0.2, 0.25) is 0 Å². The predicted molar refractivity (Wildman–Crippen MR) is 85.2 cm³/mol. The molecule has 0 radical (unpaired) electrons. The van der Waals surface area contributed by atoms with Crippen LogP contribution in [0.4, 0.5) is 10.6 Å². The largest absolute Gasteiger partial charge is 0.352 e. The summed E-state index contributed by atoms with van der Waals surface area (Å²) in [7, 11) is 1.50. The van der Waals surface area contributed by atoms with Crippen LogP contribution in [0.1, 0.15) is 6.42 Å². The SMILES string of the molecule is CN1C(=O)CC(N2CCN(c3ncnc4nc[nH]c34)CC2)NC1=O. The monoisotopic (exact) mass is 330 g/mol. The summed E-state index contributed by atoms with van der Waals surface area (Å²) in [6, 6.07) is -0.339. The first-order chi connectivity index (χ1) is 11.6. The van der Waals surface area contributed by atoms with Crippen LogP contribution in [0.25, 0.3) is 11.2 Å². The number of urea groups is 1. The second-order valence-corrected chi connectivity index (χ2v) is 5.94. The Bertz CT molecular complexity index is 764.